The summed E-state index contributed by atoms with van der Waals surface area (Å²) in [5.41, 5.74) is 2.50. The molecule has 8 heteroatoms. The number of benzene rings is 2. The molecule has 7 nitrogen and oxygen atoms in total. The number of hydrogen-bond acceptors (Lipinski definition) is 6. The summed E-state index contributed by atoms with van der Waals surface area (Å²) in [6.45, 7) is 3.58. The van der Waals surface area contributed by atoms with E-state index in [0.717, 1.165) is 24.2 Å². The molecule has 0 spiro atoms. The van der Waals surface area contributed by atoms with Crippen molar-refractivity contribution in [3.05, 3.63) is 58.8 Å². The minimum Gasteiger partial charge on any atom is -0.733 e. The van der Waals surface area contributed by atoms with Crippen LogP contribution in [0.5, 0.6) is 0 Å². The van der Waals surface area contributed by atoms with E-state index in [0.29, 0.717) is 12.1 Å². The maximum Gasteiger partial charge on any atom is 0.266 e. The van der Waals surface area contributed by atoms with E-state index in [4.69, 9.17) is 0 Å². The highest BCUT2D eigenvalue weighted by Gasteiger charge is 2.47. The molecule has 0 radical (unpaired) electrons. The van der Waals surface area contributed by atoms with Gasteiger partial charge in [-0.05, 0) is 50.7 Å². The Bertz CT molecular complexity index is 977. The predicted octanol–water partition coefficient (Wildman–Crippen LogP) is 2.69. The van der Waals surface area contributed by atoms with E-state index >= 15 is 0 Å². The number of rotatable bonds is 3. The third-order valence-corrected chi connectivity index (χ3v) is 7.40. The van der Waals surface area contributed by atoms with E-state index in [1.165, 1.54) is 22.5 Å². The normalized spacial score (nSPS) is 22.4. The molecule has 1 fully saturated rings. The number of piperidine rings is 1. The van der Waals surface area contributed by atoms with Crippen LogP contribution >= 0.6 is 0 Å². The molecule has 0 saturated carbocycles. The average Bonchev–Trinajstić information content (AvgIpc) is 2.95. The second-order valence-electron chi connectivity index (χ2n) is 7.33. The zero-order valence-electron chi connectivity index (χ0n) is 15.2. The number of fused-ring (bicyclic) bond motifs is 3. The van der Waals surface area contributed by atoms with E-state index in [-0.39, 0.29) is 27.8 Å². The Kier molecular flexibility index (Phi) is 4.38. The number of para-hydroxylation sites is 1. The standard InChI is InChI=1S/C19H22N3O4S/c1-13-7-8-16-14(11-13)15-12-20(2)10-9-17(15)21(16)27(25,26)19-6-4-3-5-18(19)22(23)24/h3-8,11,15,17,23H,9-10,12H2,1-2H3/q-1. The highest BCUT2D eigenvalue weighted by Crippen LogP contribution is 2.48. The van der Waals surface area contributed by atoms with Crippen molar-refractivity contribution in [1.82, 2.24) is 4.90 Å². The van der Waals surface area contributed by atoms with Crippen molar-refractivity contribution in [2.75, 3.05) is 29.7 Å². The zero-order chi connectivity index (χ0) is 19.3. The number of nitrogens with zero attached hydrogens (tertiary/aromatic N) is 3. The van der Waals surface area contributed by atoms with E-state index in [9.17, 15) is 18.8 Å². The summed E-state index contributed by atoms with van der Waals surface area (Å²) in [5.74, 6) is 0.0815. The summed E-state index contributed by atoms with van der Waals surface area (Å²) in [4.78, 5) is 2.03. The number of likely N-dealkylation sites (N-methyl/N-ethyl adjacent to an activating group) is 1. The molecular weight excluding hydrogens is 366 g/mol. The number of anilines is 2. The minimum absolute atomic E-state index is 0.0815. The molecule has 0 amide bonds. The van der Waals surface area contributed by atoms with Crippen molar-refractivity contribution in [3.8, 4) is 0 Å². The first-order valence-corrected chi connectivity index (χ1v) is 10.3. The van der Waals surface area contributed by atoms with Crippen LogP contribution in [-0.4, -0.2) is 44.7 Å². The van der Waals surface area contributed by atoms with Crippen molar-refractivity contribution >= 4 is 21.4 Å². The van der Waals surface area contributed by atoms with Gasteiger partial charge in [0.25, 0.3) is 10.0 Å². The van der Waals surface area contributed by atoms with Gasteiger partial charge in [-0.1, -0.05) is 29.8 Å². The largest absolute Gasteiger partial charge is 0.733 e. The Hall–Kier alpha value is -2.13. The molecule has 2 aliphatic rings. The first-order chi connectivity index (χ1) is 12.8. The number of aryl methyl sites for hydroxylation is 1. The lowest BCUT2D eigenvalue weighted by Gasteiger charge is -2.37. The van der Waals surface area contributed by atoms with Gasteiger partial charge in [0.2, 0.25) is 0 Å². The van der Waals surface area contributed by atoms with Gasteiger partial charge in [0.15, 0.2) is 0 Å². The lowest BCUT2D eigenvalue weighted by molar-refractivity contribution is 0.237. The first kappa shape index (κ1) is 18.2. The second kappa shape index (κ2) is 6.49. The second-order valence-corrected chi connectivity index (χ2v) is 9.11. The Morgan fingerprint density at radius 3 is 2.70 bits per heavy atom. The van der Waals surface area contributed by atoms with Crippen LogP contribution in [0, 0.1) is 12.1 Å². The van der Waals surface area contributed by atoms with Crippen LogP contribution in [-0.2, 0) is 10.0 Å². The van der Waals surface area contributed by atoms with Gasteiger partial charge < -0.3 is 15.3 Å². The number of sulfonamides is 1. The molecule has 2 aromatic carbocycles. The minimum atomic E-state index is -4.02. The summed E-state index contributed by atoms with van der Waals surface area (Å²) in [7, 11) is -1.97. The lowest BCUT2D eigenvalue weighted by atomic mass is 9.89. The van der Waals surface area contributed by atoms with Gasteiger partial charge in [-0.3, -0.25) is 9.51 Å². The Morgan fingerprint density at radius 1 is 1.22 bits per heavy atom. The van der Waals surface area contributed by atoms with Crippen molar-refractivity contribution in [2.45, 2.75) is 30.2 Å². The fraction of sp³-hybridized carbons (Fsp3) is 0.368. The number of hydrogen-bond donors (Lipinski definition) is 1. The average molecular weight is 388 g/mol. The molecule has 0 aliphatic carbocycles. The van der Waals surface area contributed by atoms with Gasteiger partial charge in [0.05, 0.1) is 17.4 Å². The summed E-state index contributed by atoms with van der Waals surface area (Å²) in [5, 5.41) is 20.5. The predicted molar refractivity (Wildman–Crippen MR) is 104 cm³/mol. The van der Waals surface area contributed by atoms with Crippen LogP contribution in [0.25, 0.3) is 0 Å². The maximum atomic E-state index is 13.6. The van der Waals surface area contributed by atoms with Crippen LogP contribution in [0.15, 0.2) is 47.4 Å². The smallest absolute Gasteiger partial charge is 0.266 e. The molecule has 1 N–H and O–H groups in total. The van der Waals surface area contributed by atoms with Gasteiger partial charge in [-0.25, -0.2) is 8.42 Å². The highest BCUT2D eigenvalue weighted by molar-refractivity contribution is 7.93. The van der Waals surface area contributed by atoms with Crippen LogP contribution in [0.4, 0.5) is 11.4 Å². The van der Waals surface area contributed by atoms with Crippen molar-refractivity contribution in [3.63, 3.8) is 0 Å². The molecule has 2 atom stereocenters. The molecule has 2 aromatic rings. The molecule has 0 bridgehead atoms. The Morgan fingerprint density at radius 2 is 1.96 bits per heavy atom. The number of likely N-dealkylation sites (tertiary alicyclic amines) is 1. The topological polar surface area (TPSA) is 87.2 Å². The summed E-state index contributed by atoms with van der Waals surface area (Å²) in [6.07, 6.45) is 0.705. The third kappa shape index (κ3) is 2.89. The molecule has 2 unspecified atom stereocenters. The fourth-order valence-corrected chi connectivity index (χ4v) is 6.19. The van der Waals surface area contributed by atoms with Gasteiger partial charge >= 0.3 is 0 Å². The SMILES string of the molecule is Cc1ccc2c(c1)C1CN(C)CCC1N2S(=O)(=O)c1ccccc1N([O-])O. The highest BCUT2D eigenvalue weighted by atomic mass is 32.2. The zero-order valence-corrected chi connectivity index (χ0v) is 16.1. The molecule has 144 valence electrons. The molecular formula is C19H22N3O4S-. The molecule has 27 heavy (non-hydrogen) atoms. The van der Waals surface area contributed by atoms with E-state index in [2.05, 4.69) is 11.0 Å². The molecule has 2 aliphatic heterocycles. The summed E-state index contributed by atoms with van der Waals surface area (Å²) in [6, 6.07) is 11.3. The molecule has 0 aromatic heterocycles. The Balaban J connectivity index is 1.88. The Labute approximate surface area is 159 Å². The summed E-state index contributed by atoms with van der Waals surface area (Å²) >= 11 is 0. The monoisotopic (exact) mass is 388 g/mol. The van der Waals surface area contributed by atoms with E-state index in [1.807, 2.05) is 26.1 Å². The lowest BCUT2D eigenvalue weighted by Crippen LogP contribution is -2.47. The molecule has 1 saturated heterocycles. The van der Waals surface area contributed by atoms with Crippen LogP contribution in [0.3, 0.4) is 0 Å². The third-order valence-electron chi connectivity index (χ3n) is 5.51. The quantitative estimate of drug-likeness (QED) is 0.814. The van der Waals surface area contributed by atoms with Crippen molar-refractivity contribution < 1.29 is 13.6 Å². The van der Waals surface area contributed by atoms with E-state index < -0.39 is 10.0 Å². The van der Waals surface area contributed by atoms with Crippen LogP contribution < -0.4 is 9.53 Å². The van der Waals surface area contributed by atoms with Crippen LogP contribution in [0.1, 0.15) is 23.5 Å². The van der Waals surface area contributed by atoms with Crippen LogP contribution in [0.2, 0.25) is 0 Å². The molecule has 4 rings (SSSR count). The summed E-state index contributed by atoms with van der Waals surface area (Å²) < 4.78 is 28.6. The fourth-order valence-electron chi connectivity index (χ4n) is 4.29. The van der Waals surface area contributed by atoms with Gasteiger partial charge in [-0.15, -0.1) is 0 Å². The first-order valence-electron chi connectivity index (χ1n) is 8.89. The van der Waals surface area contributed by atoms with Gasteiger partial charge in [-0.2, -0.15) is 0 Å². The van der Waals surface area contributed by atoms with Crippen molar-refractivity contribution in [1.29, 1.82) is 0 Å². The van der Waals surface area contributed by atoms with Gasteiger partial charge in [0, 0.05) is 12.5 Å². The van der Waals surface area contributed by atoms with Gasteiger partial charge in [0.1, 0.15) is 4.90 Å². The maximum absolute atomic E-state index is 13.6. The van der Waals surface area contributed by atoms with Crippen molar-refractivity contribution in [2.24, 2.45) is 0 Å². The molecule has 2 heterocycles. The van der Waals surface area contributed by atoms with E-state index in [1.54, 1.807) is 6.07 Å².